The van der Waals surface area contributed by atoms with E-state index in [9.17, 15) is 13.2 Å². The summed E-state index contributed by atoms with van der Waals surface area (Å²) in [4.78, 5) is 13.2. The van der Waals surface area contributed by atoms with Gasteiger partial charge in [0.05, 0.1) is 22.8 Å². The van der Waals surface area contributed by atoms with E-state index in [-0.39, 0.29) is 16.8 Å². The molecule has 0 saturated carbocycles. The van der Waals surface area contributed by atoms with E-state index in [4.69, 9.17) is 4.42 Å². The van der Waals surface area contributed by atoms with Gasteiger partial charge in [-0.25, -0.2) is 8.42 Å². The molecule has 0 fully saturated rings. The lowest BCUT2D eigenvalue weighted by Crippen LogP contribution is -2.27. The van der Waals surface area contributed by atoms with Crippen LogP contribution < -0.4 is 5.32 Å². The van der Waals surface area contributed by atoms with Crippen LogP contribution in [0.3, 0.4) is 0 Å². The van der Waals surface area contributed by atoms with Crippen molar-refractivity contribution in [3.05, 3.63) is 89.9 Å². The Bertz CT molecular complexity index is 1070. The molecule has 0 saturated heterocycles. The van der Waals surface area contributed by atoms with E-state index in [0.29, 0.717) is 11.3 Å². The van der Waals surface area contributed by atoms with Crippen LogP contribution in [-0.4, -0.2) is 20.6 Å². The highest BCUT2D eigenvalue weighted by Crippen LogP contribution is 2.22. The maximum Gasteiger partial charge on any atom is 0.252 e. The molecule has 3 rings (SSSR count). The Morgan fingerprint density at radius 2 is 1.68 bits per heavy atom. The normalized spacial score (nSPS) is 13.1. The molecule has 0 bridgehead atoms. The van der Waals surface area contributed by atoms with Crippen LogP contribution in [0.5, 0.6) is 0 Å². The molecular formula is C22H21NO4S. The van der Waals surface area contributed by atoms with E-state index in [0.717, 1.165) is 11.1 Å². The topological polar surface area (TPSA) is 76.4 Å². The third kappa shape index (κ3) is 4.78. The fraction of sp³-hybridized carbons (Fsp3) is 0.136. The smallest absolute Gasteiger partial charge is 0.252 e. The first-order chi connectivity index (χ1) is 13.3. The van der Waals surface area contributed by atoms with Crippen LogP contribution in [0.1, 0.15) is 29.9 Å². The molecule has 5 nitrogen and oxygen atoms in total. The lowest BCUT2D eigenvalue weighted by atomic mass is 10.0. The van der Waals surface area contributed by atoms with Crippen LogP contribution in [0.25, 0.3) is 11.6 Å². The first-order valence-corrected chi connectivity index (χ1v) is 10.7. The molecule has 1 amide bonds. The minimum Gasteiger partial charge on any atom is -0.465 e. The van der Waals surface area contributed by atoms with Gasteiger partial charge in [0, 0.05) is 6.26 Å². The molecule has 0 spiro atoms. The van der Waals surface area contributed by atoms with Gasteiger partial charge in [-0.15, -0.1) is 0 Å². The van der Waals surface area contributed by atoms with Gasteiger partial charge in [0.1, 0.15) is 5.76 Å². The Kier molecular flexibility index (Phi) is 5.80. The largest absolute Gasteiger partial charge is 0.465 e. The Balaban J connectivity index is 1.84. The molecule has 1 aromatic heterocycles. The van der Waals surface area contributed by atoms with Crippen molar-refractivity contribution < 1.29 is 17.6 Å². The number of furan rings is 1. The van der Waals surface area contributed by atoms with E-state index >= 15 is 0 Å². The Morgan fingerprint density at radius 3 is 2.25 bits per heavy atom. The van der Waals surface area contributed by atoms with Gasteiger partial charge in [-0.2, -0.15) is 0 Å². The van der Waals surface area contributed by atoms with Gasteiger partial charge in [-0.3, -0.25) is 4.79 Å². The van der Waals surface area contributed by atoms with Crippen LogP contribution in [0, 0.1) is 0 Å². The summed E-state index contributed by atoms with van der Waals surface area (Å²) >= 11 is 0. The highest BCUT2D eigenvalue weighted by molar-refractivity contribution is 7.90. The van der Waals surface area contributed by atoms with Crippen molar-refractivity contribution in [1.29, 1.82) is 0 Å². The van der Waals surface area contributed by atoms with Gasteiger partial charge >= 0.3 is 0 Å². The summed E-state index contributed by atoms with van der Waals surface area (Å²) in [7, 11) is -3.25. The average Bonchev–Trinajstić information content (AvgIpc) is 3.19. The first-order valence-electron chi connectivity index (χ1n) is 8.76. The SMILES string of the molecule is C[C@@H](NC(=O)/C(=C/c1ccco1)c1ccccc1)c1ccc(S(C)(=O)=O)cc1. The second kappa shape index (κ2) is 8.27. The predicted octanol–water partition coefficient (Wildman–Crippen LogP) is 4.10. The van der Waals surface area contributed by atoms with Crippen LogP contribution in [0.15, 0.2) is 82.3 Å². The molecule has 144 valence electrons. The number of hydrogen-bond acceptors (Lipinski definition) is 4. The molecule has 6 heteroatoms. The van der Waals surface area contributed by atoms with Crippen molar-refractivity contribution >= 4 is 27.4 Å². The Hall–Kier alpha value is -3.12. The number of sulfone groups is 1. The summed E-state index contributed by atoms with van der Waals surface area (Å²) in [5, 5.41) is 2.97. The molecule has 0 aliphatic carbocycles. The van der Waals surface area contributed by atoms with Crippen LogP contribution >= 0.6 is 0 Å². The summed E-state index contributed by atoms with van der Waals surface area (Å²) in [6, 6.07) is 19.1. The highest BCUT2D eigenvalue weighted by atomic mass is 32.2. The monoisotopic (exact) mass is 395 g/mol. The van der Waals surface area contributed by atoms with Crippen LogP contribution in [0.2, 0.25) is 0 Å². The Morgan fingerprint density at radius 1 is 1.00 bits per heavy atom. The molecule has 0 unspecified atom stereocenters. The second-order valence-electron chi connectivity index (χ2n) is 6.48. The van der Waals surface area contributed by atoms with Crippen molar-refractivity contribution in [1.82, 2.24) is 5.32 Å². The second-order valence-corrected chi connectivity index (χ2v) is 8.49. The van der Waals surface area contributed by atoms with Gasteiger partial charge in [0.15, 0.2) is 9.84 Å². The van der Waals surface area contributed by atoms with Crippen molar-refractivity contribution in [2.45, 2.75) is 17.9 Å². The zero-order chi connectivity index (χ0) is 20.1. The van der Waals surface area contributed by atoms with Gasteiger partial charge in [-0.05, 0) is 48.4 Å². The summed E-state index contributed by atoms with van der Waals surface area (Å²) < 4.78 is 28.6. The quantitative estimate of drug-likeness (QED) is 0.638. The average molecular weight is 395 g/mol. The molecule has 1 heterocycles. The lowest BCUT2D eigenvalue weighted by molar-refractivity contribution is -0.116. The third-order valence-corrected chi connectivity index (χ3v) is 5.44. The fourth-order valence-corrected chi connectivity index (χ4v) is 3.41. The standard InChI is InChI=1S/C22H21NO4S/c1-16(17-10-12-20(13-11-17)28(2,25)26)23-22(24)21(15-19-9-6-14-27-19)18-7-4-3-5-8-18/h3-16H,1-2H3,(H,23,24)/b21-15+/t16-/m1/s1. The number of carbonyl (C=O) groups is 1. The van der Waals surface area contributed by atoms with Crippen molar-refractivity contribution in [2.75, 3.05) is 6.26 Å². The van der Waals surface area contributed by atoms with E-state index in [1.54, 1.807) is 48.7 Å². The fourth-order valence-electron chi connectivity index (χ4n) is 2.77. The zero-order valence-electron chi connectivity index (χ0n) is 15.6. The number of benzene rings is 2. The molecule has 2 aromatic carbocycles. The molecule has 0 aliphatic heterocycles. The Labute approximate surface area is 164 Å². The molecule has 28 heavy (non-hydrogen) atoms. The maximum atomic E-state index is 13.0. The summed E-state index contributed by atoms with van der Waals surface area (Å²) in [6.07, 6.45) is 4.42. The van der Waals surface area contributed by atoms with E-state index in [2.05, 4.69) is 5.32 Å². The molecular weight excluding hydrogens is 374 g/mol. The molecule has 3 aromatic rings. The number of rotatable bonds is 6. The minimum absolute atomic E-state index is 0.248. The number of amides is 1. The summed E-state index contributed by atoms with van der Waals surface area (Å²) in [5.74, 6) is 0.335. The van der Waals surface area contributed by atoms with E-state index in [1.165, 1.54) is 6.26 Å². The van der Waals surface area contributed by atoms with Gasteiger partial charge in [0.25, 0.3) is 5.91 Å². The minimum atomic E-state index is -3.25. The summed E-state index contributed by atoms with van der Waals surface area (Å²) in [5.41, 5.74) is 2.07. The number of nitrogens with one attached hydrogen (secondary N) is 1. The van der Waals surface area contributed by atoms with Crippen LogP contribution in [0.4, 0.5) is 0 Å². The first kappa shape index (κ1) is 19.6. The van der Waals surface area contributed by atoms with E-state index < -0.39 is 9.84 Å². The van der Waals surface area contributed by atoms with Gasteiger partial charge < -0.3 is 9.73 Å². The van der Waals surface area contributed by atoms with Crippen LogP contribution in [-0.2, 0) is 14.6 Å². The van der Waals surface area contributed by atoms with Gasteiger partial charge in [-0.1, -0.05) is 42.5 Å². The zero-order valence-corrected chi connectivity index (χ0v) is 16.4. The molecule has 1 atom stereocenters. The van der Waals surface area contributed by atoms with Crippen molar-refractivity contribution in [2.24, 2.45) is 0 Å². The third-order valence-electron chi connectivity index (χ3n) is 4.32. The molecule has 1 N–H and O–H groups in total. The number of carbonyl (C=O) groups excluding carboxylic acids is 1. The lowest BCUT2D eigenvalue weighted by Gasteiger charge is -2.16. The van der Waals surface area contributed by atoms with Gasteiger partial charge in [0.2, 0.25) is 0 Å². The van der Waals surface area contributed by atoms with E-state index in [1.807, 2.05) is 37.3 Å². The number of hydrogen-bond donors (Lipinski definition) is 1. The predicted molar refractivity (Wildman–Crippen MR) is 109 cm³/mol. The molecule has 0 aliphatic rings. The summed E-state index contributed by atoms with van der Waals surface area (Å²) in [6.45, 7) is 1.85. The highest BCUT2D eigenvalue weighted by Gasteiger charge is 2.17. The van der Waals surface area contributed by atoms with Crippen molar-refractivity contribution in [3.8, 4) is 0 Å². The maximum absolute atomic E-state index is 13.0. The molecule has 0 radical (unpaired) electrons. The van der Waals surface area contributed by atoms with Crippen molar-refractivity contribution in [3.63, 3.8) is 0 Å².